The highest BCUT2D eigenvalue weighted by Gasteiger charge is 2.36. The second kappa shape index (κ2) is 4.86. The molecule has 1 aromatic rings. The molecule has 3 rings (SSSR count). The standard InChI is InChI=1S/C13H15N3O2S/c14-12(19)8-1-4-11(15-5-8)13(17)16-6-9-2-3-10(7-16)18-9/h1,4-5,9-10H,2-3,6-7H2,(H2,14,19). The third kappa shape index (κ3) is 2.46. The first-order chi connectivity index (χ1) is 9.13. The summed E-state index contributed by atoms with van der Waals surface area (Å²) in [5.74, 6) is -0.0466. The van der Waals surface area contributed by atoms with E-state index in [0.29, 0.717) is 24.3 Å². The van der Waals surface area contributed by atoms with Gasteiger partial charge in [0.05, 0.1) is 12.2 Å². The van der Waals surface area contributed by atoms with E-state index in [9.17, 15) is 4.79 Å². The minimum Gasteiger partial charge on any atom is -0.389 e. The number of rotatable bonds is 2. The molecule has 0 aliphatic carbocycles. The van der Waals surface area contributed by atoms with Gasteiger partial charge in [0.15, 0.2) is 0 Å². The Hall–Kier alpha value is -1.53. The number of pyridine rings is 1. The Labute approximate surface area is 116 Å². The number of fused-ring (bicyclic) bond motifs is 2. The van der Waals surface area contributed by atoms with Gasteiger partial charge in [-0.05, 0) is 25.0 Å². The maximum Gasteiger partial charge on any atom is 0.272 e. The van der Waals surface area contributed by atoms with Crippen molar-refractivity contribution in [3.63, 3.8) is 0 Å². The van der Waals surface area contributed by atoms with Crippen molar-refractivity contribution >= 4 is 23.1 Å². The zero-order valence-corrected chi connectivity index (χ0v) is 11.2. The molecule has 1 aromatic heterocycles. The number of carbonyl (C=O) groups excluding carboxylic acids is 1. The third-order valence-corrected chi connectivity index (χ3v) is 3.83. The molecular weight excluding hydrogens is 262 g/mol. The van der Waals surface area contributed by atoms with Crippen LogP contribution in [0.3, 0.4) is 0 Å². The first-order valence-electron chi connectivity index (χ1n) is 6.34. The normalized spacial score (nSPS) is 25.4. The summed E-state index contributed by atoms with van der Waals surface area (Å²) >= 11 is 4.86. The van der Waals surface area contributed by atoms with Crippen molar-refractivity contribution in [3.8, 4) is 0 Å². The monoisotopic (exact) mass is 277 g/mol. The summed E-state index contributed by atoms with van der Waals surface area (Å²) in [6, 6.07) is 3.41. The molecule has 0 saturated carbocycles. The largest absolute Gasteiger partial charge is 0.389 e. The van der Waals surface area contributed by atoms with E-state index in [4.69, 9.17) is 22.7 Å². The molecular formula is C13H15N3O2S. The first-order valence-corrected chi connectivity index (χ1v) is 6.75. The molecule has 2 bridgehead atoms. The van der Waals surface area contributed by atoms with Gasteiger partial charge in [0, 0.05) is 24.8 Å². The van der Waals surface area contributed by atoms with Crippen LogP contribution in [0.4, 0.5) is 0 Å². The lowest BCUT2D eigenvalue weighted by Crippen LogP contribution is -2.46. The number of ether oxygens (including phenoxy) is 1. The number of carbonyl (C=O) groups is 1. The summed E-state index contributed by atoms with van der Waals surface area (Å²) in [5, 5.41) is 0. The van der Waals surface area contributed by atoms with Gasteiger partial charge in [-0.3, -0.25) is 9.78 Å². The van der Waals surface area contributed by atoms with Crippen LogP contribution < -0.4 is 5.73 Å². The van der Waals surface area contributed by atoms with Crippen LogP contribution in [0, 0.1) is 0 Å². The summed E-state index contributed by atoms with van der Waals surface area (Å²) in [5.41, 5.74) is 6.61. The molecule has 6 heteroatoms. The molecule has 0 aromatic carbocycles. The molecule has 2 N–H and O–H groups in total. The smallest absolute Gasteiger partial charge is 0.272 e. The number of likely N-dealkylation sites (tertiary alicyclic amines) is 1. The second-order valence-electron chi connectivity index (χ2n) is 4.96. The summed E-state index contributed by atoms with van der Waals surface area (Å²) in [6.07, 6.45) is 4.02. The van der Waals surface area contributed by atoms with Crippen LogP contribution in [0.1, 0.15) is 28.9 Å². The van der Waals surface area contributed by atoms with E-state index in [1.807, 2.05) is 4.90 Å². The number of amides is 1. The fourth-order valence-electron chi connectivity index (χ4n) is 2.61. The average Bonchev–Trinajstić information content (AvgIpc) is 2.76. The van der Waals surface area contributed by atoms with E-state index < -0.39 is 0 Å². The van der Waals surface area contributed by atoms with E-state index >= 15 is 0 Å². The number of hydrogen-bond acceptors (Lipinski definition) is 4. The predicted molar refractivity (Wildman–Crippen MR) is 73.9 cm³/mol. The van der Waals surface area contributed by atoms with E-state index in [-0.39, 0.29) is 23.1 Å². The Bertz CT molecular complexity index is 505. The molecule has 19 heavy (non-hydrogen) atoms. The van der Waals surface area contributed by atoms with Gasteiger partial charge in [-0.2, -0.15) is 0 Å². The van der Waals surface area contributed by atoms with E-state index in [0.717, 1.165) is 12.8 Å². The fraction of sp³-hybridized carbons (Fsp3) is 0.462. The lowest BCUT2D eigenvalue weighted by atomic mass is 10.2. The van der Waals surface area contributed by atoms with Crippen LogP contribution in [0.25, 0.3) is 0 Å². The van der Waals surface area contributed by atoms with Gasteiger partial charge in [0.25, 0.3) is 5.91 Å². The van der Waals surface area contributed by atoms with E-state index in [1.54, 1.807) is 18.3 Å². The van der Waals surface area contributed by atoms with Crippen LogP contribution in [-0.4, -0.2) is 46.1 Å². The minimum atomic E-state index is -0.0466. The quantitative estimate of drug-likeness (QED) is 0.807. The summed E-state index contributed by atoms with van der Waals surface area (Å²) in [6.45, 7) is 1.32. The Balaban J connectivity index is 1.74. The molecule has 2 aliphatic rings. The van der Waals surface area contributed by atoms with Gasteiger partial charge < -0.3 is 15.4 Å². The first kappa shape index (κ1) is 12.5. The summed E-state index contributed by atoms with van der Waals surface area (Å²) < 4.78 is 5.72. The summed E-state index contributed by atoms with van der Waals surface area (Å²) in [7, 11) is 0. The van der Waals surface area contributed by atoms with Crippen LogP contribution in [-0.2, 0) is 4.74 Å². The highest BCUT2D eigenvalue weighted by Crippen LogP contribution is 2.26. The van der Waals surface area contributed by atoms with E-state index in [2.05, 4.69) is 4.98 Å². The van der Waals surface area contributed by atoms with Gasteiger partial charge in [-0.15, -0.1) is 0 Å². The van der Waals surface area contributed by atoms with Crippen molar-refractivity contribution in [2.24, 2.45) is 5.73 Å². The molecule has 3 heterocycles. The molecule has 1 amide bonds. The van der Waals surface area contributed by atoms with Gasteiger partial charge >= 0.3 is 0 Å². The van der Waals surface area contributed by atoms with Crippen molar-refractivity contribution in [2.75, 3.05) is 13.1 Å². The molecule has 2 fully saturated rings. The highest BCUT2D eigenvalue weighted by atomic mass is 32.1. The topological polar surface area (TPSA) is 68.5 Å². The van der Waals surface area contributed by atoms with Crippen molar-refractivity contribution in [1.82, 2.24) is 9.88 Å². The number of thiocarbonyl (C=S) groups is 1. The van der Waals surface area contributed by atoms with Gasteiger partial charge in [-0.25, -0.2) is 0 Å². The number of hydrogen-bond donors (Lipinski definition) is 1. The van der Waals surface area contributed by atoms with Crippen molar-refractivity contribution < 1.29 is 9.53 Å². The molecule has 2 unspecified atom stereocenters. The van der Waals surface area contributed by atoms with Crippen LogP contribution >= 0.6 is 12.2 Å². The maximum atomic E-state index is 12.3. The molecule has 2 saturated heterocycles. The summed E-state index contributed by atoms with van der Waals surface area (Å²) in [4.78, 5) is 18.6. The lowest BCUT2D eigenvalue weighted by Gasteiger charge is -2.31. The molecule has 100 valence electrons. The minimum absolute atomic E-state index is 0.0466. The molecule has 0 spiro atoms. The highest BCUT2D eigenvalue weighted by molar-refractivity contribution is 7.80. The zero-order valence-electron chi connectivity index (χ0n) is 10.4. The van der Waals surface area contributed by atoms with Crippen LogP contribution in [0.5, 0.6) is 0 Å². The lowest BCUT2D eigenvalue weighted by molar-refractivity contribution is -0.0305. The molecule has 2 aliphatic heterocycles. The van der Waals surface area contributed by atoms with Gasteiger partial charge in [-0.1, -0.05) is 12.2 Å². The molecule has 5 nitrogen and oxygen atoms in total. The predicted octanol–water partition coefficient (Wildman–Crippen LogP) is 0.719. The third-order valence-electron chi connectivity index (χ3n) is 3.60. The van der Waals surface area contributed by atoms with Crippen molar-refractivity contribution in [1.29, 1.82) is 0 Å². The van der Waals surface area contributed by atoms with Crippen molar-refractivity contribution in [3.05, 3.63) is 29.6 Å². The number of nitrogens with two attached hydrogens (primary N) is 1. The van der Waals surface area contributed by atoms with Crippen LogP contribution in [0.2, 0.25) is 0 Å². The second-order valence-corrected chi connectivity index (χ2v) is 5.40. The molecule has 0 radical (unpaired) electrons. The van der Waals surface area contributed by atoms with E-state index in [1.165, 1.54) is 0 Å². The average molecular weight is 277 g/mol. The Morgan fingerprint density at radius 2 is 2.05 bits per heavy atom. The van der Waals surface area contributed by atoms with Gasteiger partial charge in [0.1, 0.15) is 10.7 Å². The Kier molecular flexibility index (Phi) is 3.20. The van der Waals surface area contributed by atoms with Crippen molar-refractivity contribution in [2.45, 2.75) is 25.0 Å². The van der Waals surface area contributed by atoms with Crippen LogP contribution in [0.15, 0.2) is 18.3 Å². The zero-order chi connectivity index (χ0) is 13.4. The number of morpholine rings is 1. The Morgan fingerprint density at radius 1 is 1.37 bits per heavy atom. The molecule has 2 atom stereocenters. The number of nitrogens with zero attached hydrogens (tertiary/aromatic N) is 2. The maximum absolute atomic E-state index is 12.3. The van der Waals surface area contributed by atoms with Gasteiger partial charge in [0.2, 0.25) is 0 Å². The fourth-order valence-corrected chi connectivity index (χ4v) is 2.73. The SMILES string of the molecule is NC(=S)c1ccc(C(=O)N2CC3CCC(C2)O3)nc1. The number of aromatic nitrogens is 1. The Morgan fingerprint density at radius 3 is 2.58 bits per heavy atom.